The third-order valence-corrected chi connectivity index (χ3v) is 15.0. The SMILES string of the molecule is CN(C)CCN(CC1CCN(c2ccc(C(=O)N[C@H]3C(C)(C)[C@H](Oc4ccc(C#N)c5ncccc45)C3(C)C)cc2F)CC1)[C@H]1C[C@H](Oc2ccc3c(c2)C(=O)N(C2CCC(=O)NC2=O)C3=O)C1. The Morgan fingerprint density at radius 1 is 0.926 bits per heavy atom. The van der Waals surface area contributed by atoms with Gasteiger partial charge < -0.3 is 24.6 Å². The van der Waals surface area contributed by atoms with E-state index in [2.05, 4.69) is 78.2 Å². The summed E-state index contributed by atoms with van der Waals surface area (Å²) in [5.41, 5.74) is 1.28. The van der Waals surface area contributed by atoms with Crippen LogP contribution in [0.2, 0.25) is 0 Å². The van der Waals surface area contributed by atoms with Crippen LogP contribution >= 0.6 is 0 Å². The first-order chi connectivity index (χ1) is 32.4. The van der Waals surface area contributed by atoms with Gasteiger partial charge in [-0.1, -0.05) is 27.7 Å². The highest BCUT2D eigenvalue weighted by molar-refractivity contribution is 6.23. The Labute approximate surface area is 395 Å². The van der Waals surface area contributed by atoms with Crippen molar-refractivity contribution >= 4 is 46.1 Å². The maximum absolute atomic E-state index is 15.9. The Kier molecular flexibility index (Phi) is 12.5. The van der Waals surface area contributed by atoms with Gasteiger partial charge in [-0.25, -0.2) is 4.39 Å². The van der Waals surface area contributed by atoms with E-state index in [-0.39, 0.29) is 53.7 Å². The molecular formula is C52H59FN8O7. The van der Waals surface area contributed by atoms with Gasteiger partial charge in [0.15, 0.2) is 0 Å². The predicted molar refractivity (Wildman–Crippen MR) is 252 cm³/mol. The van der Waals surface area contributed by atoms with Crippen molar-refractivity contribution in [3.05, 3.63) is 94.9 Å². The predicted octanol–water partition coefficient (Wildman–Crippen LogP) is 5.95. The number of hydrogen-bond donors (Lipinski definition) is 2. The van der Waals surface area contributed by atoms with E-state index in [0.29, 0.717) is 53.3 Å². The summed E-state index contributed by atoms with van der Waals surface area (Å²) >= 11 is 0. The molecule has 9 rings (SSSR count). The number of nitriles is 1. The van der Waals surface area contributed by atoms with E-state index in [4.69, 9.17) is 9.47 Å². The van der Waals surface area contributed by atoms with E-state index in [0.717, 1.165) is 55.6 Å². The second kappa shape index (κ2) is 18.2. The number of hydrogen-bond acceptors (Lipinski definition) is 12. The van der Waals surface area contributed by atoms with Gasteiger partial charge in [-0.15, -0.1) is 0 Å². The fourth-order valence-electron chi connectivity index (χ4n) is 11.5. The zero-order valence-corrected chi connectivity index (χ0v) is 39.5. The normalized spacial score (nSPS) is 24.3. The number of ether oxygens (including phenoxy) is 2. The van der Waals surface area contributed by atoms with Crippen molar-refractivity contribution < 1.29 is 37.8 Å². The quantitative estimate of drug-likeness (QED) is 0.142. The van der Waals surface area contributed by atoms with Gasteiger partial charge in [-0.05, 0) is 99.9 Å². The Morgan fingerprint density at radius 2 is 1.66 bits per heavy atom. The van der Waals surface area contributed by atoms with E-state index < -0.39 is 46.3 Å². The molecule has 3 aromatic carbocycles. The molecule has 4 heterocycles. The first-order valence-corrected chi connectivity index (χ1v) is 23.7. The van der Waals surface area contributed by atoms with Crippen LogP contribution in [0.25, 0.3) is 10.9 Å². The van der Waals surface area contributed by atoms with E-state index in [9.17, 15) is 29.2 Å². The van der Waals surface area contributed by atoms with Crippen molar-refractivity contribution in [3.63, 3.8) is 0 Å². The molecule has 0 bridgehead atoms. The molecular weight excluding hydrogens is 868 g/mol. The molecule has 2 saturated heterocycles. The molecule has 2 N–H and O–H groups in total. The Morgan fingerprint density at radius 3 is 2.35 bits per heavy atom. The number of amides is 5. The number of imide groups is 2. The second-order valence-electron chi connectivity index (χ2n) is 20.6. The number of pyridine rings is 1. The van der Waals surface area contributed by atoms with Crippen molar-refractivity contribution in [2.24, 2.45) is 16.7 Å². The first kappa shape index (κ1) is 46.7. The van der Waals surface area contributed by atoms with Crippen molar-refractivity contribution in [2.75, 3.05) is 51.7 Å². The standard InChI is InChI=1S/C52H59FN8O7/c1-51(2)49(52(3,4)50(51)68-42-15-10-32(28-54)44-37(42)8-7-19-55-44)57-45(63)31-9-13-40(39(53)24-31)59-20-17-30(18-21-59)29-60(23-22-58(5)6)33-25-35(26-33)67-34-11-12-36-38(27-34)48(66)61(47(36)65)41-14-16-43(62)56-46(41)64/h7-13,15,19,24,27,30,33,35,41,49-50H,14,16-18,20-23,25-26,29H2,1-6H3,(H,57,63)(H,56,62,64)/t33-,35-,41?,49-,50-. The number of likely N-dealkylation sites (N-methyl/N-ethyl adjacent to an activating group) is 1. The molecule has 4 aromatic rings. The summed E-state index contributed by atoms with van der Waals surface area (Å²) in [4.78, 5) is 76.6. The van der Waals surface area contributed by atoms with Crippen molar-refractivity contribution in [2.45, 2.75) is 96.6 Å². The number of fused-ring (bicyclic) bond motifs is 2. The summed E-state index contributed by atoms with van der Waals surface area (Å²) in [5.74, 6) is -1.40. The van der Waals surface area contributed by atoms with Gasteiger partial charge in [0, 0.05) is 92.0 Å². The van der Waals surface area contributed by atoms with Crippen LogP contribution in [-0.2, 0) is 9.59 Å². The van der Waals surface area contributed by atoms with Crippen molar-refractivity contribution in [1.29, 1.82) is 5.26 Å². The molecule has 5 aliphatic rings. The molecule has 15 nitrogen and oxygen atoms in total. The third-order valence-electron chi connectivity index (χ3n) is 15.0. The van der Waals surface area contributed by atoms with E-state index in [1.165, 1.54) is 6.07 Å². The Hall–Kier alpha value is -6.44. The topological polar surface area (TPSA) is 178 Å². The van der Waals surface area contributed by atoms with Gasteiger partial charge in [0.2, 0.25) is 11.8 Å². The Bertz CT molecular complexity index is 2710. The fourth-order valence-corrected chi connectivity index (χ4v) is 11.5. The van der Waals surface area contributed by atoms with Gasteiger partial charge in [-0.3, -0.25) is 44.1 Å². The average molecular weight is 927 g/mol. The summed E-state index contributed by atoms with van der Waals surface area (Å²) in [6.45, 7) is 12.3. The molecule has 5 amide bonds. The number of rotatable bonds is 14. The summed E-state index contributed by atoms with van der Waals surface area (Å²) < 4.78 is 28.9. The highest BCUT2D eigenvalue weighted by atomic mass is 19.1. The molecule has 16 heteroatoms. The van der Waals surface area contributed by atoms with E-state index >= 15 is 4.39 Å². The zero-order valence-electron chi connectivity index (χ0n) is 39.5. The number of aromatic nitrogens is 1. The van der Waals surface area contributed by atoms with Gasteiger partial charge in [-0.2, -0.15) is 5.26 Å². The van der Waals surface area contributed by atoms with Crippen molar-refractivity contribution in [3.8, 4) is 17.6 Å². The number of carbonyl (C=O) groups is 5. The largest absolute Gasteiger partial charge is 0.490 e. The second-order valence-corrected chi connectivity index (χ2v) is 20.6. The lowest BCUT2D eigenvalue weighted by Gasteiger charge is -2.63. The highest BCUT2D eigenvalue weighted by Gasteiger charge is 2.64. The lowest BCUT2D eigenvalue weighted by Crippen LogP contribution is -2.74. The van der Waals surface area contributed by atoms with Crippen LogP contribution in [0.4, 0.5) is 10.1 Å². The van der Waals surface area contributed by atoms with E-state index in [1.807, 2.05) is 12.1 Å². The van der Waals surface area contributed by atoms with E-state index in [1.54, 1.807) is 48.7 Å². The van der Waals surface area contributed by atoms with Crippen LogP contribution in [0.5, 0.6) is 11.5 Å². The minimum atomic E-state index is -1.02. The zero-order chi connectivity index (χ0) is 48.2. The van der Waals surface area contributed by atoms with Gasteiger partial charge >= 0.3 is 0 Å². The highest BCUT2D eigenvalue weighted by Crippen LogP contribution is 2.56. The van der Waals surface area contributed by atoms with Crippen LogP contribution in [0.15, 0.2) is 66.9 Å². The van der Waals surface area contributed by atoms with Crippen LogP contribution < -0.4 is 25.0 Å². The molecule has 0 radical (unpaired) electrons. The Balaban J connectivity index is 0.769. The average Bonchev–Trinajstić information content (AvgIpc) is 3.54. The minimum Gasteiger partial charge on any atom is -0.490 e. The number of carbonyl (C=O) groups excluding carboxylic acids is 5. The molecule has 0 spiro atoms. The number of benzene rings is 3. The van der Waals surface area contributed by atoms with Crippen LogP contribution in [0.3, 0.4) is 0 Å². The smallest absolute Gasteiger partial charge is 0.262 e. The molecule has 2 saturated carbocycles. The summed E-state index contributed by atoms with van der Waals surface area (Å²) in [6, 6.07) is 18.1. The number of halogens is 1. The summed E-state index contributed by atoms with van der Waals surface area (Å²) in [6.07, 6.45) is 4.88. The molecule has 4 fully saturated rings. The lowest BCUT2D eigenvalue weighted by molar-refractivity contribution is -0.163. The maximum atomic E-state index is 15.9. The third kappa shape index (κ3) is 8.66. The molecule has 1 aromatic heterocycles. The molecule has 68 heavy (non-hydrogen) atoms. The number of nitrogens with zero attached hydrogens (tertiary/aromatic N) is 6. The molecule has 356 valence electrons. The fraction of sp³-hybridized carbons (Fsp3) is 0.481. The maximum Gasteiger partial charge on any atom is 0.262 e. The molecule has 1 atom stereocenters. The number of piperidine rings is 2. The van der Waals surface area contributed by atoms with Crippen LogP contribution in [0, 0.1) is 33.9 Å². The molecule has 1 unspecified atom stereocenters. The molecule has 2 aliphatic carbocycles. The minimum absolute atomic E-state index is 0.0583. The summed E-state index contributed by atoms with van der Waals surface area (Å²) in [7, 11) is 4.13. The number of anilines is 1. The van der Waals surface area contributed by atoms with Crippen LogP contribution in [0.1, 0.15) is 103 Å². The van der Waals surface area contributed by atoms with Crippen LogP contribution in [-0.4, -0.2) is 126 Å². The first-order valence-electron chi connectivity index (χ1n) is 23.7. The number of nitrogens with one attached hydrogen (secondary N) is 2. The lowest BCUT2D eigenvalue weighted by atomic mass is 9.49. The van der Waals surface area contributed by atoms with Crippen molar-refractivity contribution in [1.82, 2.24) is 30.3 Å². The van der Waals surface area contributed by atoms with Gasteiger partial charge in [0.1, 0.15) is 41.6 Å². The molecule has 3 aliphatic heterocycles. The van der Waals surface area contributed by atoms with Gasteiger partial charge in [0.05, 0.1) is 27.9 Å². The summed E-state index contributed by atoms with van der Waals surface area (Å²) in [5, 5.41) is 15.8. The monoisotopic (exact) mass is 926 g/mol. The van der Waals surface area contributed by atoms with Gasteiger partial charge in [0.25, 0.3) is 17.7 Å².